The molecule has 2 aliphatic heterocycles. The summed E-state index contributed by atoms with van der Waals surface area (Å²) in [7, 11) is 0. The van der Waals surface area contributed by atoms with Crippen molar-refractivity contribution in [2.45, 2.75) is 18.8 Å². The number of hydrogen-bond donors (Lipinski definition) is 2. The van der Waals surface area contributed by atoms with Gasteiger partial charge >= 0.3 is 0 Å². The number of rotatable bonds is 1. The fraction of sp³-hybridized carbons (Fsp3) is 0.500. The topological polar surface area (TPSA) is 59.2 Å². The number of benzene rings is 1. The number of H-pyrrole nitrogens is 1. The van der Waals surface area contributed by atoms with E-state index in [0.29, 0.717) is 19.1 Å². The van der Waals surface area contributed by atoms with Crippen molar-refractivity contribution in [2.24, 2.45) is 0 Å². The monoisotopic (exact) mass is 259 g/mol. The lowest BCUT2D eigenvalue weighted by molar-refractivity contribution is 0.297. The highest BCUT2D eigenvalue weighted by Crippen LogP contribution is 2.34. The van der Waals surface area contributed by atoms with Crippen molar-refractivity contribution in [3.05, 3.63) is 18.0 Å². The van der Waals surface area contributed by atoms with E-state index in [9.17, 15) is 0 Å². The van der Waals surface area contributed by atoms with E-state index >= 15 is 0 Å². The molecule has 1 aromatic carbocycles. The lowest BCUT2D eigenvalue weighted by atomic mass is 10.1. The third-order valence-corrected chi connectivity index (χ3v) is 3.82. The minimum atomic E-state index is 0.494. The summed E-state index contributed by atoms with van der Waals surface area (Å²) in [6.07, 6.45) is 2.07. The van der Waals surface area contributed by atoms with Gasteiger partial charge in [0.15, 0.2) is 11.5 Å². The van der Waals surface area contributed by atoms with Crippen LogP contribution >= 0.6 is 0 Å². The summed E-state index contributed by atoms with van der Waals surface area (Å²) in [5.74, 6) is 3.20. The molecule has 5 heteroatoms. The number of ether oxygens (including phenoxy) is 2. The van der Waals surface area contributed by atoms with E-state index < -0.39 is 0 Å². The Hall–Kier alpha value is -1.75. The van der Waals surface area contributed by atoms with E-state index in [4.69, 9.17) is 14.5 Å². The Morgan fingerprint density at radius 1 is 1.16 bits per heavy atom. The Morgan fingerprint density at radius 2 is 2.00 bits per heavy atom. The minimum absolute atomic E-state index is 0.494. The van der Waals surface area contributed by atoms with Gasteiger partial charge in [0, 0.05) is 31.0 Å². The number of aromatic amines is 1. The lowest BCUT2D eigenvalue weighted by Crippen LogP contribution is -2.08. The van der Waals surface area contributed by atoms with Gasteiger partial charge in [0.2, 0.25) is 0 Å². The molecule has 1 fully saturated rings. The molecule has 1 saturated heterocycles. The van der Waals surface area contributed by atoms with Gasteiger partial charge in [-0.15, -0.1) is 0 Å². The predicted molar refractivity (Wildman–Crippen MR) is 71.9 cm³/mol. The maximum atomic E-state index is 5.71. The molecule has 0 amide bonds. The normalized spacial score (nSPS) is 22.6. The Balaban J connectivity index is 1.76. The molecule has 2 aliphatic rings. The number of imidazole rings is 1. The average Bonchev–Trinajstić information content (AvgIpc) is 3.01. The van der Waals surface area contributed by atoms with Gasteiger partial charge in [0.25, 0.3) is 0 Å². The van der Waals surface area contributed by atoms with Crippen LogP contribution in [0.2, 0.25) is 0 Å². The molecule has 0 saturated carbocycles. The average molecular weight is 259 g/mol. The smallest absolute Gasteiger partial charge is 0.163 e. The number of nitrogens with one attached hydrogen (secondary N) is 2. The Labute approximate surface area is 111 Å². The number of hydrogen-bond acceptors (Lipinski definition) is 4. The molecule has 3 heterocycles. The quantitative estimate of drug-likeness (QED) is 0.820. The van der Waals surface area contributed by atoms with Gasteiger partial charge < -0.3 is 19.8 Å². The van der Waals surface area contributed by atoms with Crippen molar-refractivity contribution in [1.82, 2.24) is 15.3 Å². The molecule has 1 atom stereocenters. The van der Waals surface area contributed by atoms with Crippen LogP contribution < -0.4 is 14.8 Å². The van der Waals surface area contributed by atoms with E-state index in [-0.39, 0.29) is 0 Å². The Kier molecular flexibility index (Phi) is 2.58. The van der Waals surface area contributed by atoms with Crippen LogP contribution in [0.3, 0.4) is 0 Å². The predicted octanol–water partition coefficient (Wildman–Crippen LogP) is 1.80. The molecule has 0 radical (unpaired) electrons. The molecule has 5 nitrogen and oxygen atoms in total. The molecule has 1 unspecified atom stereocenters. The van der Waals surface area contributed by atoms with Gasteiger partial charge in [-0.2, -0.15) is 0 Å². The third-order valence-electron chi connectivity index (χ3n) is 3.82. The van der Waals surface area contributed by atoms with Crippen LogP contribution in [0.4, 0.5) is 0 Å². The van der Waals surface area contributed by atoms with Crippen molar-refractivity contribution in [3.63, 3.8) is 0 Å². The molecular formula is C14H17N3O2. The van der Waals surface area contributed by atoms with Gasteiger partial charge in [-0.05, 0) is 13.0 Å². The van der Waals surface area contributed by atoms with E-state index in [1.807, 2.05) is 12.1 Å². The standard InChI is InChI=1S/C14H17N3O2/c1-4-18-12-6-10-11(7-13(12)19-5-1)17-14(16-10)9-2-3-15-8-9/h6-7,9,15H,1-5,8H2,(H,16,17). The van der Waals surface area contributed by atoms with Gasteiger partial charge in [0.1, 0.15) is 5.82 Å². The molecule has 0 bridgehead atoms. The maximum absolute atomic E-state index is 5.71. The zero-order valence-electron chi connectivity index (χ0n) is 10.7. The molecule has 0 aliphatic carbocycles. The van der Waals surface area contributed by atoms with Gasteiger partial charge in [-0.1, -0.05) is 0 Å². The molecule has 0 spiro atoms. The molecule has 19 heavy (non-hydrogen) atoms. The Bertz CT molecular complexity index is 559. The van der Waals surface area contributed by atoms with E-state index in [2.05, 4.69) is 10.3 Å². The highest BCUT2D eigenvalue weighted by Gasteiger charge is 2.21. The van der Waals surface area contributed by atoms with Crippen molar-refractivity contribution in [3.8, 4) is 11.5 Å². The van der Waals surface area contributed by atoms with Gasteiger partial charge in [-0.25, -0.2) is 4.98 Å². The van der Waals surface area contributed by atoms with Crippen LogP contribution in [-0.4, -0.2) is 36.3 Å². The third kappa shape index (κ3) is 1.94. The van der Waals surface area contributed by atoms with E-state index in [0.717, 1.165) is 54.3 Å². The highest BCUT2D eigenvalue weighted by molar-refractivity contribution is 5.80. The molecular weight excluding hydrogens is 242 g/mol. The number of aromatic nitrogens is 2. The first-order valence-corrected chi connectivity index (χ1v) is 6.90. The van der Waals surface area contributed by atoms with Gasteiger partial charge in [0.05, 0.1) is 24.2 Å². The molecule has 1 aromatic heterocycles. The summed E-state index contributed by atoms with van der Waals surface area (Å²) in [5, 5.41) is 3.37. The largest absolute Gasteiger partial charge is 0.489 e. The van der Waals surface area contributed by atoms with Gasteiger partial charge in [-0.3, -0.25) is 0 Å². The minimum Gasteiger partial charge on any atom is -0.489 e. The van der Waals surface area contributed by atoms with Crippen LogP contribution in [-0.2, 0) is 0 Å². The second-order valence-corrected chi connectivity index (χ2v) is 5.18. The molecule has 2 N–H and O–H groups in total. The highest BCUT2D eigenvalue weighted by atomic mass is 16.5. The van der Waals surface area contributed by atoms with Crippen molar-refractivity contribution < 1.29 is 9.47 Å². The summed E-state index contributed by atoms with van der Waals surface area (Å²) >= 11 is 0. The number of nitrogens with zero attached hydrogens (tertiary/aromatic N) is 1. The summed E-state index contributed by atoms with van der Waals surface area (Å²) in [4.78, 5) is 8.12. The van der Waals surface area contributed by atoms with E-state index in [1.165, 1.54) is 0 Å². The van der Waals surface area contributed by atoms with Crippen LogP contribution in [0.25, 0.3) is 11.0 Å². The maximum Gasteiger partial charge on any atom is 0.163 e. The fourth-order valence-corrected chi connectivity index (χ4v) is 2.77. The van der Waals surface area contributed by atoms with Crippen LogP contribution in [0, 0.1) is 0 Å². The van der Waals surface area contributed by atoms with Crippen LogP contribution in [0.5, 0.6) is 11.5 Å². The second-order valence-electron chi connectivity index (χ2n) is 5.18. The molecule has 100 valence electrons. The summed E-state index contributed by atoms with van der Waals surface area (Å²) in [6.45, 7) is 3.51. The van der Waals surface area contributed by atoms with Crippen molar-refractivity contribution in [1.29, 1.82) is 0 Å². The lowest BCUT2D eigenvalue weighted by Gasteiger charge is -2.05. The second kappa shape index (κ2) is 4.42. The molecule has 2 aromatic rings. The summed E-state index contributed by atoms with van der Waals surface area (Å²) in [6, 6.07) is 3.99. The first-order valence-electron chi connectivity index (χ1n) is 6.90. The van der Waals surface area contributed by atoms with Crippen LogP contribution in [0.1, 0.15) is 24.6 Å². The van der Waals surface area contributed by atoms with E-state index in [1.54, 1.807) is 0 Å². The summed E-state index contributed by atoms with van der Waals surface area (Å²) in [5.41, 5.74) is 2.00. The fourth-order valence-electron chi connectivity index (χ4n) is 2.77. The zero-order valence-corrected chi connectivity index (χ0v) is 10.7. The molecule has 4 rings (SSSR count). The first kappa shape index (κ1) is 11.1. The van der Waals surface area contributed by atoms with Crippen LogP contribution in [0.15, 0.2) is 12.1 Å². The SMILES string of the molecule is c1c2c(cc3[nH]c(C4CCNC4)nc13)OCCCO2. The summed E-state index contributed by atoms with van der Waals surface area (Å²) < 4.78 is 11.4. The van der Waals surface area contributed by atoms with Crippen molar-refractivity contribution in [2.75, 3.05) is 26.3 Å². The zero-order chi connectivity index (χ0) is 12.7. The first-order chi connectivity index (χ1) is 9.40. The van der Waals surface area contributed by atoms with Crippen molar-refractivity contribution >= 4 is 11.0 Å². The Morgan fingerprint density at radius 3 is 2.79 bits per heavy atom. The number of fused-ring (bicyclic) bond motifs is 2.